The summed E-state index contributed by atoms with van der Waals surface area (Å²) in [4.78, 5) is 0. The fourth-order valence-electron chi connectivity index (χ4n) is 4.07. The highest BCUT2D eigenvalue weighted by molar-refractivity contribution is 8.67. The van der Waals surface area contributed by atoms with Gasteiger partial charge in [-0.15, -0.1) is 0 Å². The van der Waals surface area contributed by atoms with Crippen LogP contribution in [0, 0.1) is 0 Å². The van der Waals surface area contributed by atoms with E-state index in [0.29, 0.717) is 25.7 Å². The Hall–Kier alpha value is -0.200. The van der Waals surface area contributed by atoms with Crippen molar-refractivity contribution in [1.82, 2.24) is 0 Å². The van der Waals surface area contributed by atoms with Gasteiger partial charge in [0.1, 0.15) is 0 Å². The molecule has 0 aliphatic heterocycles. The smallest absolute Gasteiger partial charge is 0.213 e. The van der Waals surface area contributed by atoms with Crippen molar-refractivity contribution in [3.05, 3.63) is 0 Å². The lowest BCUT2D eigenvalue weighted by atomic mass is 10.1. The zero-order chi connectivity index (χ0) is 28.3. The van der Waals surface area contributed by atoms with Crippen LogP contribution in [-0.4, -0.2) is 56.7 Å². The SMILES string of the molecule is CCCCCCCCCCS(=O)(=O)S(=O)(=O)CCCCCS(=O)(=O)S(=O)(=O)CCCCCCCCCC. The third kappa shape index (κ3) is 16.5. The minimum Gasteiger partial charge on any atom is -0.213 e. The summed E-state index contributed by atoms with van der Waals surface area (Å²) < 4.78 is 97.9. The van der Waals surface area contributed by atoms with Gasteiger partial charge in [-0.1, -0.05) is 110 Å². The number of rotatable bonds is 26. The van der Waals surface area contributed by atoms with Crippen molar-refractivity contribution in [2.24, 2.45) is 0 Å². The molecule has 0 aliphatic carbocycles. The van der Waals surface area contributed by atoms with Gasteiger partial charge in [0, 0.05) is 0 Å². The van der Waals surface area contributed by atoms with Crippen LogP contribution in [0.15, 0.2) is 0 Å². The standard InChI is InChI=1S/C25H52O8S4/c1-3-5-7-9-11-13-15-18-22-34(26,27)36(30,31)24-20-17-21-25-37(32,33)35(28,29)23-19-16-14-12-10-8-6-4-2/h3-25H2,1-2H3. The normalized spacial score (nSPS) is 13.2. The van der Waals surface area contributed by atoms with Gasteiger partial charge < -0.3 is 0 Å². The first-order valence-electron chi connectivity index (χ1n) is 14.2. The molecule has 0 amide bonds. The molecule has 0 aliphatic rings. The molecule has 0 bridgehead atoms. The largest absolute Gasteiger partial charge is 0.253 e. The molecule has 0 heterocycles. The van der Waals surface area contributed by atoms with Crippen molar-refractivity contribution >= 4 is 35.5 Å². The van der Waals surface area contributed by atoms with Crippen molar-refractivity contribution in [2.75, 3.05) is 23.0 Å². The molecular formula is C25H52O8S4. The minimum absolute atomic E-state index is 0.0212. The Kier molecular flexibility index (Phi) is 19.7. The summed E-state index contributed by atoms with van der Waals surface area (Å²) >= 11 is 0. The Balaban J connectivity index is 4.25. The van der Waals surface area contributed by atoms with Gasteiger partial charge in [0.05, 0.1) is 23.0 Å². The van der Waals surface area contributed by atoms with Crippen LogP contribution in [0.3, 0.4) is 0 Å². The molecule has 37 heavy (non-hydrogen) atoms. The van der Waals surface area contributed by atoms with Gasteiger partial charge in [0.25, 0.3) is 35.5 Å². The first kappa shape index (κ1) is 36.8. The average Bonchev–Trinajstić information content (AvgIpc) is 2.81. The van der Waals surface area contributed by atoms with Crippen LogP contribution >= 0.6 is 0 Å². The van der Waals surface area contributed by atoms with E-state index in [-0.39, 0.29) is 19.3 Å². The van der Waals surface area contributed by atoms with E-state index in [1.807, 2.05) is 0 Å². The predicted molar refractivity (Wildman–Crippen MR) is 154 cm³/mol. The quantitative estimate of drug-likeness (QED) is 0.0871. The second-order valence-electron chi connectivity index (χ2n) is 10.1. The lowest BCUT2D eigenvalue weighted by Gasteiger charge is -2.08. The second kappa shape index (κ2) is 19.8. The van der Waals surface area contributed by atoms with Crippen molar-refractivity contribution in [3.63, 3.8) is 0 Å². The third-order valence-corrected chi connectivity index (χ3v) is 17.9. The molecule has 0 N–H and O–H groups in total. The van der Waals surface area contributed by atoms with Crippen LogP contribution in [0.5, 0.6) is 0 Å². The highest BCUT2D eigenvalue weighted by Gasteiger charge is 2.30. The third-order valence-electron chi connectivity index (χ3n) is 6.56. The average molecular weight is 609 g/mol. The van der Waals surface area contributed by atoms with Gasteiger partial charge in [0.2, 0.25) is 0 Å². The van der Waals surface area contributed by atoms with Gasteiger partial charge in [0.15, 0.2) is 0 Å². The Morgan fingerprint density at radius 1 is 0.270 bits per heavy atom. The lowest BCUT2D eigenvalue weighted by molar-refractivity contribution is 0.567. The van der Waals surface area contributed by atoms with Crippen LogP contribution in [0.25, 0.3) is 0 Å². The summed E-state index contributed by atoms with van der Waals surface area (Å²) in [6.45, 7) is 4.27. The molecule has 0 aromatic rings. The zero-order valence-electron chi connectivity index (χ0n) is 23.2. The summed E-state index contributed by atoms with van der Waals surface area (Å²) in [5.74, 6) is -1.93. The van der Waals surface area contributed by atoms with Crippen molar-refractivity contribution in [1.29, 1.82) is 0 Å². The molecule has 0 aromatic heterocycles. The van der Waals surface area contributed by atoms with Gasteiger partial charge in [-0.25, -0.2) is 33.7 Å². The Bertz CT molecular complexity index is 917. The first-order valence-corrected chi connectivity index (χ1v) is 21.9. The topological polar surface area (TPSA) is 137 Å². The van der Waals surface area contributed by atoms with Crippen LogP contribution in [-0.2, 0) is 35.5 Å². The van der Waals surface area contributed by atoms with E-state index < -0.39 is 58.5 Å². The summed E-state index contributed by atoms with van der Waals surface area (Å²) in [5.41, 5.74) is 0. The highest BCUT2D eigenvalue weighted by Crippen LogP contribution is 2.16. The van der Waals surface area contributed by atoms with E-state index in [1.165, 1.54) is 12.8 Å². The number of hydrogen-bond acceptors (Lipinski definition) is 8. The molecule has 0 radical (unpaired) electrons. The summed E-state index contributed by atoms with van der Waals surface area (Å²) in [5, 5.41) is 0. The number of unbranched alkanes of at least 4 members (excludes halogenated alkanes) is 16. The fourth-order valence-corrected chi connectivity index (χ4v) is 11.8. The van der Waals surface area contributed by atoms with E-state index in [1.54, 1.807) is 0 Å². The molecule has 0 rings (SSSR count). The summed E-state index contributed by atoms with van der Waals surface area (Å²) in [7, 11) is -17.2. The van der Waals surface area contributed by atoms with Gasteiger partial charge in [-0.3, -0.25) is 0 Å². The van der Waals surface area contributed by atoms with Crippen LogP contribution in [0.4, 0.5) is 0 Å². The molecule has 8 nitrogen and oxygen atoms in total. The first-order chi connectivity index (χ1) is 17.3. The Labute approximate surface area is 227 Å². The summed E-state index contributed by atoms with van der Waals surface area (Å²) in [6, 6.07) is 0. The number of hydrogen-bond donors (Lipinski definition) is 0. The van der Waals surface area contributed by atoms with E-state index in [4.69, 9.17) is 0 Å². The predicted octanol–water partition coefficient (Wildman–Crippen LogP) is 5.93. The molecule has 0 saturated heterocycles. The van der Waals surface area contributed by atoms with E-state index >= 15 is 0 Å². The molecule has 224 valence electrons. The van der Waals surface area contributed by atoms with Gasteiger partial charge in [-0.2, -0.15) is 0 Å². The van der Waals surface area contributed by atoms with Crippen LogP contribution < -0.4 is 0 Å². The molecule has 0 spiro atoms. The maximum atomic E-state index is 12.3. The molecule has 0 aromatic carbocycles. The maximum Gasteiger partial charge on any atom is 0.253 e. The van der Waals surface area contributed by atoms with Crippen LogP contribution in [0.1, 0.15) is 136 Å². The Morgan fingerprint density at radius 3 is 0.649 bits per heavy atom. The van der Waals surface area contributed by atoms with Crippen LogP contribution in [0.2, 0.25) is 0 Å². The fraction of sp³-hybridized carbons (Fsp3) is 1.00. The Morgan fingerprint density at radius 2 is 0.432 bits per heavy atom. The second-order valence-corrected chi connectivity index (χ2v) is 22.2. The maximum absolute atomic E-state index is 12.3. The van der Waals surface area contributed by atoms with E-state index in [2.05, 4.69) is 13.8 Å². The van der Waals surface area contributed by atoms with E-state index in [0.717, 1.165) is 64.2 Å². The highest BCUT2D eigenvalue weighted by atomic mass is 33.2. The monoisotopic (exact) mass is 608 g/mol. The lowest BCUT2D eigenvalue weighted by Crippen LogP contribution is -2.23. The molecule has 0 saturated carbocycles. The summed E-state index contributed by atoms with van der Waals surface area (Å²) in [6.07, 6.45) is 15.1. The molecule has 12 heteroatoms. The van der Waals surface area contributed by atoms with Gasteiger partial charge in [-0.05, 0) is 25.7 Å². The molecule has 0 unspecified atom stereocenters. The van der Waals surface area contributed by atoms with Crippen molar-refractivity contribution < 1.29 is 33.7 Å². The van der Waals surface area contributed by atoms with Crippen molar-refractivity contribution in [3.8, 4) is 0 Å². The van der Waals surface area contributed by atoms with E-state index in [9.17, 15) is 33.7 Å². The molecule has 0 fully saturated rings. The van der Waals surface area contributed by atoms with Gasteiger partial charge >= 0.3 is 0 Å². The molecular weight excluding hydrogens is 557 g/mol. The zero-order valence-corrected chi connectivity index (χ0v) is 26.4. The molecule has 0 atom stereocenters. The minimum atomic E-state index is -4.33. The van der Waals surface area contributed by atoms with Crippen molar-refractivity contribution in [2.45, 2.75) is 136 Å².